The summed E-state index contributed by atoms with van der Waals surface area (Å²) < 4.78 is 2.16. The van der Waals surface area contributed by atoms with Crippen LogP contribution >= 0.6 is 0 Å². The van der Waals surface area contributed by atoms with Crippen LogP contribution in [-0.4, -0.2) is 21.5 Å². The van der Waals surface area contributed by atoms with Gasteiger partial charge in [0.1, 0.15) is 5.82 Å². The molecular weight excluding hydrogens is 226 g/mol. The first-order chi connectivity index (χ1) is 8.83. The van der Waals surface area contributed by atoms with Crippen molar-refractivity contribution < 1.29 is 4.79 Å². The highest BCUT2D eigenvalue weighted by Gasteiger charge is 2.27. The standard InChI is InChI=1S/C14H21N3O/c18-14(16-12-4-2-1-3-5-12)11-6-8-17-9-7-15-13(17)10-11/h7,9,11-12H,1-6,8,10H2,(H,16,18). The molecule has 1 fully saturated rings. The zero-order valence-corrected chi connectivity index (χ0v) is 10.8. The topological polar surface area (TPSA) is 46.9 Å². The maximum atomic E-state index is 12.2. The Morgan fingerprint density at radius 2 is 2.11 bits per heavy atom. The van der Waals surface area contributed by atoms with E-state index < -0.39 is 0 Å². The molecule has 4 heteroatoms. The van der Waals surface area contributed by atoms with Gasteiger partial charge in [0.05, 0.1) is 0 Å². The van der Waals surface area contributed by atoms with Gasteiger partial charge >= 0.3 is 0 Å². The van der Waals surface area contributed by atoms with E-state index in [1.54, 1.807) is 0 Å². The third-order valence-electron chi connectivity index (χ3n) is 4.27. The molecular formula is C14H21N3O. The Bertz CT molecular complexity index is 420. The van der Waals surface area contributed by atoms with Crippen LogP contribution in [0, 0.1) is 5.92 Å². The van der Waals surface area contributed by atoms with Crippen LogP contribution in [-0.2, 0) is 17.8 Å². The molecule has 1 aromatic rings. The van der Waals surface area contributed by atoms with E-state index in [2.05, 4.69) is 14.9 Å². The lowest BCUT2D eigenvalue weighted by Gasteiger charge is -2.27. The van der Waals surface area contributed by atoms with Crippen LogP contribution in [0.4, 0.5) is 0 Å². The minimum atomic E-state index is 0.127. The van der Waals surface area contributed by atoms with Gasteiger partial charge in [0, 0.05) is 37.3 Å². The molecule has 1 atom stereocenters. The predicted octanol–water partition coefficient (Wildman–Crippen LogP) is 1.89. The number of amides is 1. The molecule has 18 heavy (non-hydrogen) atoms. The fraction of sp³-hybridized carbons (Fsp3) is 0.714. The lowest BCUT2D eigenvalue weighted by Crippen LogP contribution is -2.42. The molecule has 1 aliphatic carbocycles. The number of hydrogen-bond donors (Lipinski definition) is 1. The number of imidazole rings is 1. The number of fused-ring (bicyclic) bond motifs is 1. The summed E-state index contributed by atoms with van der Waals surface area (Å²) in [5.41, 5.74) is 0. The monoisotopic (exact) mass is 247 g/mol. The van der Waals surface area contributed by atoms with Crippen LogP contribution in [0.15, 0.2) is 12.4 Å². The molecule has 98 valence electrons. The summed E-state index contributed by atoms with van der Waals surface area (Å²) in [5.74, 6) is 1.43. The molecule has 0 radical (unpaired) electrons. The maximum absolute atomic E-state index is 12.2. The molecule has 1 unspecified atom stereocenters. The summed E-state index contributed by atoms with van der Waals surface area (Å²) in [6.45, 7) is 0.929. The second-order valence-electron chi connectivity index (χ2n) is 5.57. The van der Waals surface area contributed by atoms with Gasteiger partial charge in [0.2, 0.25) is 5.91 Å². The Balaban J connectivity index is 1.57. The van der Waals surface area contributed by atoms with Gasteiger partial charge in [-0.2, -0.15) is 0 Å². The fourth-order valence-corrected chi connectivity index (χ4v) is 3.14. The van der Waals surface area contributed by atoms with E-state index in [1.807, 2.05) is 12.4 Å². The third kappa shape index (κ3) is 2.42. The lowest BCUT2D eigenvalue weighted by molar-refractivity contribution is -0.126. The molecule has 0 saturated heterocycles. The highest BCUT2D eigenvalue weighted by molar-refractivity contribution is 5.79. The number of carbonyl (C=O) groups excluding carboxylic acids is 1. The van der Waals surface area contributed by atoms with E-state index in [4.69, 9.17) is 0 Å². The summed E-state index contributed by atoms with van der Waals surface area (Å²) in [6, 6.07) is 0.424. The molecule has 1 aromatic heterocycles. The van der Waals surface area contributed by atoms with Crippen LogP contribution in [0.1, 0.15) is 44.3 Å². The number of nitrogens with one attached hydrogen (secondary N) is 1. The fourth-order valence-electron chi connectivity index (χ4n) is 3.14. The summed E-state index contributed by atoms with van der Waals surface area (Å²) in [7, 11) is 0. The van der Waals surface area contributed by atoms with E-state index in [1.165, 1.54) is 19.3 Å². The number of hydrogen-bond acceptors (Lipinski definition) is 2. The van der Waals surface area contributed by atoms with Gasteiger partial charge in [-0.3, -0.25) is 4.79 Å². The molecule has 0 spiro atoms. The number of carbonyl (C=O) groups is 1. The Labute approximate surface area is 108 Å². The van der Waals surface area contributed by atoms with Crippen molar-refractivity contribution in [1.82, 2.24) is 14.9 Å². The first-order valence-electron chi connectivity index (χ1n) is 7.13. The highest BCUT2D eigenvalue weighted by Crippen LogP contribution is 2.21. The number of aryl methyl sites for hydroxylation is 1. The number of aromatic nitrogens is 2. The second-order valence-corrected chi connectivity index (χ2v) is 5.57. The summed E-state index contributed by atoms with van der Waals surface area (Å²) in [5, 5.41) is 3.24. The molecule has 1 amide bonds. The van der Waals surface area contributed by atoms with Gasteiger partial charge < -0.3 is 9.88 Å². The van der Waals surface area contributed by atoms with Crippen molar-refractivity contribution in [3.05, 3.63) is 18.2 Å². The normalized spacial score (nSPS) is 24.6. The SMILES string of the molecule is O=C(NC1CCCCC1)C1CCn2ccnc2C1. The molecule has 1 N–H and O–H groups in total. The molecule has 0 bridgehead atoms. The van der Waals surface area contributed by atoms with Gasteiger partial charge in [-0.05, 0) is 19.3 Å². The molecule has 0 aromatic carbocycles. The summed E-state index contributed by atoms with van der Waals surface area (Å²) in [4.78, 5) is 16.6. The predicted molar refractivity (Wildman–Crippen MR) is 69.1 cm³/mol. The minimum Gasteiger partial charge on any atom is -0.353 e. The van der Waals surface area contributed by atoms with E-state index in [-0.39, 0.29) is 11.8 Å². The van der Waals surface area contributed by atoms with Crippen LogP contribution in [0.3, 0.4) is 0 Å². The minimum absolute atomic E-state index is 0.127. The van der Waals surface area contributed by atoms with Crippen molar-refractivity contribution in [2.45, 2.75) is 57.5 Å². The molecule has 4 nitrogen and oxygen atoms in total. The quantitative estimate of drug-likeness (QED) is 0.867. The highest BCUT2D eigenvalue weighted by atomic mass is 16.1. The zero-order chi connectivity index (χ0) is 12.4. The van der Waals surface area contributed by atoms with Crippen molar-refractivity contribution in [1.29, 1.82) is 0 Å². The maximum Gasteiger partial charge on any atom is 0.223 e. The first-order valence-corrected chi connectivity index (χ1v) is 7.13. The van der Waals surface area contributed by atoms with Gasteiger partial charge in [0.25, 0.3) is 0 Å². The molecule has 1 saturated carbocycles. The van der Waals surface area contributed by atoms with Crippen LogP contribution < -0.4 is 5.32 Å². The summed E-state index contributed by atoms with van der Waals surface area (Å²) >= 11 is 0. The lowest BCUT2D eigenvalue weighted by atomic mass is 9.93. The van der Waals surface area contributed by atoms with Crippen molar-refractivity contribution in [3.8, 4) is 0 Å². The van der Waals surface area contributed by atoms with Crippen molar-refractivity contribution >= 4 is 5.91 Å². The van der Waals surface area contributed by atoms with Crippen molar-refractivity contribution in [2.75, 3.05) is 0 Å². The molecule has 3 rings (SSSR count). The number of nitrogens with zero attached hydrogens (tertiary/aromatic N) is 2. The zero-order valence-electron chi connectivity index (χ0n) is 10.8. The van der Waals surface area contributed by atoms with Gasteiger partial charge in [-0.15, -0.1) is 0 Å². The van der Waals surface area contributed by atoms with Crippen LogP contribution in [0.5, 0.6) is 0 Å². The average molecular weight is 247 g/mol. The van der Waals surface area contributed by atoms with E-state index in [9.17, 15) is 4.79 Å². The van der Waals surface area contributed by atoms with E-state index in [0.717, 1.165) is 38.1 Å². The third-order valence-corrected chi connectivity index (χ3v) is 4.27. The Morgan fingerprint density at radius 3 is 2.94 bits per heavy atom. The van der Waals surface area contributed by atoms with Gasteiger partial charge in [-0.25, -0.2) is 4.98 Å². The smallest absolute Gasteiger partial charge is 0.223 e. The van der Waals surface area contributed by atoms with E-state index >= 15 is 0 Å². The second kappa shape index (κ2) is 5.12. The van der Waals surface area contributed by atoms with Crippen molar-refractivity contribution in [2.24, 2.45) is 5.92 Å². The molecule has 2 heterocycles. The van der Waals surface area contributed by atoms with Gasteiger partial charge in [-0.1, -0.05) is 19.3 Å². The first kappa shape index (κ1) is 11.8. The largest absolute Gasteiger partial charge is 0.353 e. The molecule has 1 aliphatic heterocycles. The Morgan fingerprint density at radius 1 is 1.28 bits per heavy atom. The molecule has 2 aliphatic rings. The van der Waals surface area contributed by atoms with Crippen molar-refractivity contribution in [3.63, 3.8) is 0 Å². The average Bonchev–Trinajstić information content (AvgIpc) is 2.87. The Hall–Kier alpha value is -1.32. The van der Waals surface area contributed by atoms with Gasteiger partial charge in [0.15, 0.2) is 0 Å². The Kier molecular flexibility index (Phi) is 3.35. The van der Waals surface area contributed by atoms with Crippen LogP contribution in [0.25, 0.3) is 0 Å². The van der Waals surface area contributed by atoms with Crippen LogP contribution in [0.2, 0.25) is 0 Å². The number of rotatable bonds is 2. The summed E-state index contributed by atoms with van der Waals surface area (Å²) in [6.07, 6.45) is 11.8. The van der Waals surface area contributed by atoms with E-state index in [0.29, 0.717) is 6.04 Å².